The number of sulfonamides is 1. The zero-order valence-corrected chi connectivity index (χ0v) is 25.4. The van der Waals surface area contributed by atoms with Crippen LogP contribution < -0.4 is 9.62 Å². The lowest BCUT2D eigenvalue weighted by molar-refractivity contribution is -0.140. The zero-order chi connectivity index (χ0) is 29.4. The smallest absolute Gasteiger partial charge is 0.264 e. The van der Waals surface area contributed by atoms with Crippen LogP contribution in [0.15, 0.2) is 77.7 Å². The molecule has 0 saturated carbocycles. The summed E-state index contributed by atoms with van der Waals surface area (Å²) in [6.45, 7) is 7.66. The van der Waals surface area contributed by atoms with Crippen molar-refractivity contribution in [3.8, 4) is 0 Å². The Balaban J connectivity index is 2.06. The molecule has 1 N–H and O–H groups in total. The van der Waals surface area contributed by atoms with Crippen LogP contribution in [0.2, 0.25) is 10.0 Å². The third-order valence-corrected chi connectivity index (χ3v) is 8.51. The molecule has 0 bridgehead atoms. The number of carbonyl (C=O) groups is 2. The number of benzene rings is 3. The maximum atomic E-state index is 14.1. The molecule has 0 saturated heterocycles. The molecule has 0 aliphatic rings. The van der Waals surface area contributed by atoms with Crippen LogP contribution >= 0.6 is 23.2 Å². The highest BCUT2D eigenvalue weighted by Gasteiger charge is 2.34. The van der Waals surface area contributed by atoms with E-state index in [1.54, 1.807) is 12.1 Å². The van der Waals surface area contributed by atoms with Gasteiger partial charge in [0.15, 0.2) is 0 Å². The van der Waals surface area contributed by atoms with E-state index < -0.39 is 28.5 Å². The summed E-state index contributed by atoms with van der Waals surface area (Å²) in [5.74, 6) is -0.608. The maximum Gasteiger partial charge on any atom is 0.264 e. The van der Waals surface area contributed by atoms with Crippen molar-refractivity contribution >= 4 is 50.7 Å². The van der Waals surface area contributed by atoms with Gasteiger partial charge in [-0.1, -0.05) is 92.0 Å². The number of nitrogens with zero attached hydrogens (tertiary/aromatic N) is 2. The second-order valence-electron chi connectivity index (χ2n) is 10.0. The third kappa shape index (κ3) is 8.22. The van der Waals surface area contributed by atoms with Crippen molar-refractivity contribution in [3.05, 3.63) is 94.0 Å². The molecule has 0 aromatic heterocycles. The molecule has 10 heteroatoms. The van der Waals surface area contributed by atoms with E-state index in [-0.39, 0.29) is 39.0 Å². The van der Waals surface area contributed by atoms with Crippen LogP contribution in [0.4, 0.5) is 5.69 Å². The summed E-state index contributed by atoms with van der Waals surface area (Å²) in [5, 5.41) is 3.36. The molecule has 7 nitrogen and oxygen atoms in total. The van der Waals surface area contributed by atoms with E-state index in [1.165, 1.54) is 35.2 Å². The minimum atomic E-state index is -4.21. The van der Waals surface area contributed by atoms with E-state index in [9.17, 15) is 18.0 Å². The minimum Gasteiger partial charge on any atom is -0.354 e. The summed E-state index contributed by atoms with van der Waals surface area (Å²) in [7, 11) is -4.21. The number of hydrogen-bond acceptors (Lipinski definition) is 4. The highest BCUT2D eigenvalue weighted by Crippen LogP contribution is 2.30. The van der Waals surface area contributed by atoms with Gasteiger partial charge in [-0.05, 0) is 55.2 Å². The number of aryl methyl sites for hydroxylation is 1. The highest BCUT2D eigenvalue weighted by atomic mass is 35.5. The van der Waals surface area contributed by atoms with Gasteiger partial charge in [0.2, 0.25) is 11.8 Å². The fourth-order valence-corrected chi connectivity index (χ4v) is 6.08. The summed E-state index contributed by atoms with van der Waals surface area (Å²) in [4.78, 5) is 28.7. The largest absolute Gasteiger partial charge is 0.354 e. The van der Waals surface area contributed by atoms with Crippen molar-refractivity contribution in [1.82, 2.24) is 10.2 Å². The molecule has 3 aromatic carbocycles. The Morgan fingerprint density at radius 3 is 2.08 bits per heavy atom. The quantitative estimate of drug-likeness (QED) is 0.272. The Bertz CT molecular complexity index is 1390. The molecule has 0 radical (unpaired) electrons. The molecule has 0 fully saturated rings. The van der Waals surface area contributed by atoms with Crippen LogP contribution in [0.5, 0.6) is 0 Å². The Labute approximate surface area is 247 Å². The third-order valence-electron chi connectivity index (χ3n) is 6.29. The van der Waals surface area contributed by atoms with E-state index >= 15 is 0 Å². The van der Waals surface area contributed by atoms with E-state index in [1.807, 2.05) is 58.0 Å². The molecule has 0 heterocycles. The number of carbonyl (C=O) groups excluding carboxylic acids is 2. The second kappa shape index (κ2) is 14.0. The predicted octanol–water partition coefficient (Wildman–Crippen LogP) is 6.08. The van der Waals surface area contributed by atoms with Crippen molar-refractivity contribution in [2.24, 2.45) is 5.92 Å². The number of halogens is 2. The predicted molar refractivity (Wildman–Crippen MR) is 161 cm³/mol. The van der Waals surface area contributed by atoms with E-state index in [4.69, 9.17) is 23.2 Å². The molecule has 3 rings (SSSR count). The fourth-order valence-electron chi connectivity index (χ4n) is 4.17. The molecule has 214 valence electrons. The number of anilines is 1. The maximum absolute atomic E-state index is 14.1. The summed E-state index contributed by atoms with van der Waals surface area (Å²) < 4.78 is 28.8. The van der Waals surface area contributed by atoms with Gasteiger partial charge in [0.25, 0.3) is 10.0 Å². The van der Waals surface area contributed by atoms with Crippen LogP contribution in [0.1, 0.15) is 38.3 Å². The molecule has 2 amide bonds. The zero-order valence-electron chi connectivity index (χ0n) is 23.1. The normalized spacial score (nSPS) is 12.2. The van der Waals surface area contributed by atoms with Gasteiger partial charge in [0.1, 0.15) is 12.6 Å². The first kappa shape index (κ1) is 31.5. The highest BCUT2D eigenvalue weighted by molar-refractivity contribution is 7.92. The Morgan fingerprint density at radius 2 is 1.52 bits per heavy atom. The standard InChI is InChI=1S/C30H35Cl2N3O4S/c1-5-28(30(37)33-18-21(2)3)34(19-23-9-7-6-8-10-23)29(36)20-35(26-16-24(31)15-25(32)17-26)40(38,39)27-13-11-22(4)12-14-27/h6-17,21,28H,5,18-20H2,1-4H3,(H,33,37)/t28-/m0/s1. The van der Waals surface area contributed by atoms with Crippen LogP contribution in [-0.4, -0.2) is 44.3 Å². The Hall–Kier alpha value is -3.07. The van der Waals surface area contributed by atoms with Gasteiger partial charge in [0, 0.05) is 23.1 Å². The first-order valence-corrected chi connectivity index (χ1v) is 15.3. The van der Waals surface area contributed by atoms with Gasteiger partial charge in [0.05, 0.1) is 10.6 Å². The number of amides is 2. The molecular weight excluding hydrogens is 569 g/mol. The van der Waals surface area contributed by atoms with Gasteiger partial charge in [-0.2, -0.15) is 0 Å². The molecule has 1 atom stereocenters. The van der Waals surface area contributed by atoms with Crippen molar-refractivity contribution < 1.29 is 18.0 Å². The molecular formula is C30H35Cl2N3O4S. The number of rotatable bonds is 12. The van der Waals surface area contributed by atoms with Crippen molar-refractivity contribution in [2.45, 2.75) is 51.6 Å². The lowest BCUT2D eigenvalue weighted by atomic mass is 10.1. The number of nitrogens with one attached hydrogen (secondary N) is 1. The lowest BCUT2D eigenvalue weighted by Gasteiger charge is -2.33. The second-order valence-corrected chi connectivity index (χ2v) is 12.8. The average Bonchev–Trinajstić information content (AvgIpc) is 2.90. The van der Waals surface area contributed by atoms with Gasteiger partial charge in [-0.25, -0.2) is 8.42 Å². The topological polar surface area (TPSA) is 86.8 Å². The van der Waals surface area contributed by atoms with E-state index in [2.05, 4.69) is 5.32 Å². The lowest BCUT2D eigenvalue weighted by Crippen LogP contribution is -2.52. The molecule has 0 aliphatic heterocycles. The first-order valence-electron chi connectivity index (χ1n) is 13.1. The summed E-state index contributed by atoms with van der Waals surface area (Å²) in [6.07, 6.45) is 0.343. The minimum absolute atomic E-state index is 0.0123. The Kier molecular flexibility index (Phi) is 11.0. The molecule has 0 aliphatic carbocycles. The summed E-state index contributed by atoms with van der Waals surface area (Å²) in [5.41, 5.74) is 1.84. The van der Waals surface area contributed by atoms with Gasteiger partial charge in [-0.15, -0.1) is 0 Å². The van der Waals surface area contributed by atoms with E-state index in [0.717, 1.165) is 15.4 Å². The van der Waals surface area contributed by atoms with Crippen molar-refractivity contribution in [2.75, 3.05) is 17.4 Å². The first-order chi connectivity index (χ1) is 18.9. The summed E-state index contributed by atoms with van der Waals surface area (Å²) >= 11 is 12.5. The molecule has 0 unspecified atom stereocenters. The number of hydrogen-bond donors (Lipinski definition) is 1. The monoisotopic (exact) mass is 603 g/mol. The molecule has 40 heavy (non-hydrogen) atoms. The van der Waals surface area contributed by atoms with Gasteiger partial charge >= 0.3 is 0 Å². The van der Waals surface area contributed by atoms with Crippen LogP contribution in [-0.2, 0) is 26.2 Å². The molecule has 3 aromatic rings. The Morgan fingerprint density at radius 1 is 0.925 bits per heavy atom. The average molecular weight is 605 g/mol. The summed E-state index contributed by atoms with van der Waals surface area (Å²) in [6, 6.07) is 19.2. The van der Waals surface area contributed by atoms with E-state index in [0.29, 0.717) is 13.0 Å². The molecule has 0 spiro atoms. The van der Waals surface area contributed by atoms with Crippen LogP contribution in [0, 0.1) is 12.8 Å². The van der Waals surface area contributed by atoms with Crippen LogP contribution in [0.25, 0.3) is 0 Å². The van der Waals surface area contributed by atoms with Crippen molar-refractivity contribution in [3.63, 3.8) is 0 Å². The van der Waals surface area contributed by atoms with Gasteiger partial charge in [-0.3, -0.25) is 13.9 Å². The fraction of sp³-hybridized carbons (Fsp3) is 0.333. The van der Waals surface area contributed by atoms with Crippen LogP contribution in [0.3, 0.4) is 0 Å². The van der Waals surface area contributed by atoms with Crippen molar-refractivity contribution in [1.29, 1.82) is 0 Å². The SMILES string of the molecule is CC[C@@H](C(=O)NCC(C)C)N(Cc1ccccc1)C(=O)CN(c1cc(Cl)cc(Cl)c1)S(=O)(=O)c1ccc(C)cc1. The van der Waals surface area contributed by atoms with Gasteiger partial charge < -0.3 is 10.2 Å².